The molecule has 0 atom stereocenters. The maximum absolute atomic E-state index is 13.0. The van der Waals surface area contributed by atoms with E-state index in [1.54, 1.807) is 24.0 Å². The van der Waals surface area contributed by atoms with Crippen molar-refractivity contribution < 1.29 is 35.3 Å². The van der Waals surface area contributed by atoms with Crippen molar-refractivity contribution in [3.05, 3.63) is 76.9 Å². The summed E-state index contributed by atoms with van der Waals surface area (Å²) in [6.45, 7) is 2.55. The lowest BCUT2D eigenvalue weighted by atomic mass is 9.69. The topological polar surface area (TPSA) is 72.9 Å². The average Bonchev–Trinajstić information content (AvgIpc) is 2.78. The first kappa shape index (κ1) is 24.1. The molecule has 2 aromatic rings. The molecule has 0 aromatic heterocycles. The summed E-state index contributed by atoms with van der Waals surface area (Å²) in [7, 11) is -5.82. The molecule has 1 heterocycles. The van der Waals surface area contributed by atoms with Crippen LogP contribution in [-0.4, -0.2) is 38.0 Å². The third kappa shape index (κ3) is 5.06. The van der Waals surface area contributed by atoms with Gasteiger partial charge in [-0.15, -0.1) is 0 Å². The highest BCUT2D eigenvalue weighted by molar-refractivity contribution is 7.87. The molecule has 1 aliphatic heterocycles. The molecular weight excluding hydrogens is 471 g/mol. The number of allylic oxidation sites excluding steroid dienone is 1. The van der Waals surface area contributed by atoms with Gasteiger partial charge in [-0.25, -0.2) is 4.79 Å². The Balaban J connectivity index is 1.51. The SMILES string of the molecule is Cc1ccc2c(c1)C(OS(=O)(=O)C(F)(F)F)=CC1(CCN(C(=O)OCc3ccccc3)CC1)C2. The molecule has 1 amide bonds. The van der Waals surface area contributed by atoms with Crippen molar-refractivity contribution in [3.8, 4) is 0 Å². The molecule has 6 nitrogen and oxygen atoms in total. The van der Waals surface area contributed by atoms with Crippen molar-refractivity contribution in [2.24, 2.45) is 5.41 Å². The van der Waals surface area contributed by atoms with E-state index in [1.807, 2.05) is 36.4 Å². The number of hydrogen-bond acceptors (Lipinski definition) is 5. The van der Waals surface area contributed by atoms with Gasteiger partial charge in [0.05, 0.1) is 0 Å². The average molecular weight is 496 g/mol. The van der Waals surface area contributed by atoms with Crippen molar-refractivity contribution in [2.45, 2.75) is 38.3 Å². The molecular formula is C24H24F3NO5S. The lowest BCUT2D eigenvalue weighted by Crippen LogP contribution is -2.44. The first-order valence-corrected chi connectivity index (χ1v) is 12.2. The van der Waals surface area contributed by atoms with Crippen LogP contribution in [0.15, 0.2) is 54.6 Å². The number of hydrogen-bond donors (Lipinski definition) is 0. The molecule has 0 radical (unpaired) electrons. The van der Waals surface area contributed by atoms with Crippen molar-refractivity contribution >= 4 is 22.0 Å². The number of amides is 1. The highest BCUT2D eigenvalue weighted by Gasteiger charge is 2.50. The monoisotopic (exact) mass is 495 g/mol. The molecule has 2 aromatic carbocycles. The number of carbonyl (C=O) groups excluding carboxylic acids is 1. The number of carbonyl (C=O) groups is 1. The zero-order valence-corrected chi connectivity index (χ0v) is 19.3. The summed E-state index contributed by atoms with van der Waals surface area (Å²) in [5.74, 6) is -0.317. The van der Waals surface area contributed by atoms with Gasteiger partial charge >= 0.3 is 21.7 Å². The van der Waals surface area contributed by atoms with Gasteiger partial charge in [0.2, 0.25) is 0 Å². The summed E-state index contributed by atoms with van der Waals surface area (Å²) in [5.41, 5.74) is -3.49. The fraction of sp³-hybridized carbons (Fsp3) is 0.375. The van der Waals surface area contributed by atoms with Gasteiger partial charge in [0.1, 0.15) is 12.4 Å². The van der Waals surface area contributed by atoms with E-state index in [4.69, 9.17) is 4.74 Å². The van der Waals surface area contributed by atoms with Gasteiger partial charge in [0.25, 0.3) is 0 Å². The number of nitrogens with zero attached hydrogens (tertiary/aromatic N) is 1. The number of benzene rings is 2. The molecule has 1 fully saturated rings. The minimum Gasteiger partial charge on any atom is -0.445 e. The van der Waals surface area contributed by atoms with E-state index >= 15 is 0 Å². The van der Waals surface area contributed by atoms with E-state index in [2.05, 4.69) is 4.18 Å². The molecule has 1 saturated heterocycles. The first-order valence-electron chi connectivity index (χ1n) is 10.8. The van der Waals surface area contributed by atoms with Gasteiger partial charge in [-0.3, -0.25) is 0 Å². The molecule has 1 spiro atoms. The Morgan fingerprint density at radius 3 is 2.41 bits per heavy atom. The summed E-state index contributed by atoms with van der Waals surface area (Å²) < 4.78 is 72.6. The molecule has 2 aliphatic rings. The second-order valence-corrected chi connectivity index (χ2v) is 10.3. The zero-order chi connectivity index (χ0) is 24.6. The minimum absolute atomic E-state index is 0.140. The van der Waals surface area contributed by atoms with Crippen LogP contribution in [0.25, 0.3) is 5.76 Å². The fourth-order valence-electron chi connectivity index (χ4n) is 4.36. The molecule has 0 bridgehead atoms. The molecule has 4 rings (SSSR count). The van der Waals surface area contributed by atoms with Gasteiger partial charge < -0.3 is 13.8 Å². The summed E-state index contributed by atoms with van der Waals surface area (Å²) in [6.07, 6.45) is 2.39. The number of halogens is 3. The standard InChI is InChI=1S/C24H24F3NO5S/c1-17-7-8-19-14-23(15-21(20(19)13-17)33-34(30,31)24(25,26)27)9-11-28(12-10-23)22(29)32-16-18-5-3-2-4-6-18/h2-8,13,15H,9-12,14,16H2,1H3. The Morgan fingerprint density at radius 2 is 1.76 bits per heavy atom. The van der Waals surface area contributed by atoms with Crippen LogP contribution < -0.4 is 0 Å². The van der Waals surface area contributed by atoms with E-state index in [9.17, 15) is 26.4 Å². The zero-order valence-electron chi connectivity index (χ0n) is 18.5. The van der Waals surface area contributed by atoms with Crippen molar-refractivity contribution in [1.29, 1.82) is 0 Å². The van der Waals surface area contributed by atoms with Crippen molar-refractivity contribution in [3.63, 3.8) is 0 Å². The van der Waals surface area contributed by atoms with E-state index < -0.39 is 27.1 Å². The lowest BCUT2D eigenvalue weighted by molar-refractivity contribution is -0.0510. The number of piperidine rings is 1. The summed E-state index contributed by atoms with van der Waals surface area (Å²) in [6, 6.07) is 14.5. The van der Waals surface area contributed by atoms with Crippen LogP contribution in [0.1, 0.15) is 35.1 Å². The van der Waals surface area contributed by atoms with Crippen LogP contribution >= 0.6 is 0 Å². The molecule has 0 saturated carbocycles. The largest absolute Gasteiger partial charge is 0.534 e. The van der Waals surface area contributed by atoms with Gasteiger partial charge in [0, 0.05) is 18.7 Å². The van der Waals surface area contributed by atoms with Gasteiger partial charge in [-0.1, -0.05) is 48.0 Å². The van der Waals surface area contributed by atoms with Gasteiger partial charge in [0.15, 0.2) is 0 Å². The smallest absolute Gasteiger partial charge is 0.445 e. The lowest BCUT2D eigenvalue weighted by Gasteiger charge is -2.42. The number of rotatable bonds is 4. The number of alkyl halides is 3. The summed E-state index contributed by atoms with van der Waals surface area (Å²) in [4.78, 5) is 14.1. The van der Waals surface area contributed by atoms with Crippen LogP contribution in [0.3, 0.4) is 0 Å². The molecule has 182 valence electrons. The maximum atomic E-state index is 13.0. The molecule has 1 aliphatic carbocycles. The molecule has 0 unspecified atom stereocenters. The summed E-state index contributed by atoms with van der Waals surface area (Å²) >= 11 is 0. The van der Waals surface area contributed by atoms with E-state index in [0.29, 0.717) is 43.5 Å². The second kappa shape index (κ2) is 8.98. The number of ether oxygens (including phenoxy) is 1. The fourth-order valence-corrected chi connectivity index (χ4v) is 4.83. The van der Waals surface area contributed by atoms with Crippen LogP contribution in [0.2, 0.25) is 0 Å². The van der Waals surface area contributed by atoms with Crippen LogP contribution in [0, 0.1) is 12.3 Å². The Bertz CT molecular complexity index is 1200. The number of fused-ring (bicyclic) bond motifs is 1. The Hall–Kier alpha value is -3.01. The number of aryl methyl sites for hydroxylation is 1. The molecule has 10 heteroatoms. The predicted octanol–water partition coefficient (Wildman–Crippen LogP) is 5.18. The first-order chi connectivity index (χ1) is 16.0. The van der Waals surface area contributed by atoms with Gasteiger partial charge in [-0.2, -0.15) is 21.6 Å². The van der Waals surface area contributed by atoms with E-state index in [1.165, 1.54) is 6.08 Å². The van der Waals surface area contributed by atoms with E-state index in [0.717, 1.165) is 11.1 Å². The predicted molar refractivity (Wildman–Crippen MR) is 119 cm³/mol. The van der Waals surface area contributed by atoms with E-state index in [-0.39, 0.29) is 12.4 Å². The van der Waals surface area contributed by atoms with Crippen LogP contribution in [0.4, 0.5) is 18.0 Å². The summed E-state index contributed by atoms with van der Waals surface area (Å²) in [5, 5.41) is 0. The normalized spacial score (nSPS) is 17.6. The van der Waals surface area contributed by atoms with Crippen LogP contribution in [0.5, 0.6) is 0 Å². The van der Waals surface area contributed by atoms with Crippen molar-refractivity contribution in [1.82, 2.24) is 4.90 Å². The quantitative estimate of drug-likeness (QED) is 0.432. The van der Waals surface area contributed by atoms with Crippen molar-refractivity contribution in [2.75, 3.05) is 13.1 Å². The maximum Gasteiger partial charge on any atom is 0.534 e. The molecule has 0 N–H and O–H groups in total. The number of likely N-dealkylation sites (tertiary alicyclic amines) is 1. The third-order valence-corrected chi connectivity index (χ3v) is 7.18. The highest BCUT2D eigenvalue weighted by atomic mass is 32.2. The molecule has 34 heavy (non-hydrogen) atoms. The minimum atomic E-state index is -5.82. The second-order valence-electron chi connectivity index (χ2n) is 8.72. The Labute approximate surface area is 196 Å². The third-order valence-electron chi connectivity index (χ3n) is 6.22. The Kier molecular flexibility index (Phi) is 6.37. The van der Waals surface area contributed by atoms with Gasteiger partial charge in [-0.05, 0) is 54.9 Å². The Morgan fingerprint density at radius 1 is 1.09 bits per heavy atom. The highest BCUT2D eigenvalue weighted by Crippen LogP contribution is 2.45. The van der Waals surface area contributed by atoms with Crippen LogP contribution in [-0.2, 0) is 32.1 Å².